The summed E-state index contributed by atoms with van der Waals surface area (Å²) in [5.74, 6) is 0. The number of hydrogen-bond donors (Lipinski definition) is 1. The average Bonchev–Trinajstić information content (AvgIpc) is 2.20. The van der Waals surface area contributed by atoms with Gasteiger partial charge in [-0.15, -0.1) is 0 Å². The van der Waals surface area contributed by atoms with Crippen LogP contribution in [0.4, 0.5) is 14.5 Å². The number of benzene rings is 1. The van der Waals surface area contributed by atoms with Crippen LogP contribution in [-0.4, -0.2) is 16.9 Å². The zero-order valence-electron chi connectivity index (χ0n) is 8.99. The fraction of sp³-hybridized carbons (Fsp3) is 0.400. The first-order valence-corrected chi connectivity index (χ1v) is 5.12. The van der Waals surface area contributed by atoms with Gasteiger partial charge in [-0.05, 0) is 13.0 Å². The summed E-state index contributed by atoms with van der Waals surface area (Å²) in [4.78, 5) is 10.1. The first kappa shape index (κ1) is 13.8. The largest absolute Gasteiger partial charge is 0.320 e. The Kier molecular flexibility index (Phi) is 4.00. The fourth-order valence-corrected chi connectivity index (χ4v) is 1.59. The van der Waals surface area contributed by atoms with Gasteiger partial charge in [0.2, 0.25) is 0 Å². The molecule has 0 aliphatic rings. The molecule has 0 heterocycles. The Balaban J connectivity index is 3.18. The summed E-state index contributed by atoms with van der Waals surface area (Å²) in [6.07, 6.45) is -3.15. The maximum atomic E-state index is 12.6. The van der Waals surface area contributed by atoms with Crippen LogP contribution in [0.2, 0.25) is 5.02 Å². The van der Waals surface area contributed by atoms with Gasteiger partial charge in [0.05, 0.1) is 21.0 Å². The highest BCUT2D eigenvalue weighted by Gasteiger charge is 2.33. The van der Waals surface area contributed by atoms with E-state index in [4.69, 9.17) is 17.3 Å². The zero-order chi connectivity index (χ0) is 13.2. The second-order valence-electron chi connectivity index (χ2n) is 3.98. The molecule has 94 valence electrons. The van der Waals surface area contributed by atoms with Crippen molar-refractivity contribution in [3.05, 3.63) is 38.9 Å². The number of nitro benzene ring substituents is 1. The van der Waals surface area contributed by atoms with E-state index in [0.29, 0.717) is 0 Å². The maximum Gasteiger partial charge on any atom is 0.274 e. The molecular formula is C10H11ClF2N2O2. The molecule has 1 rings (SSSR count). The van der Waals surface area contributed by atoms with Crippen LogP contribution < -0.4 is 5.73 Å². The summed E-state index contributed by atoms with van der Waals surface area (Å²) in [6.45, 7) is 1.13. The molecule has 1 atom stereocenters. The third-order valence-electron chi connectivity index (χ3n) is 2.35. The molecule has 0 aliphatic carbocycles. The van der Waals surface area contributed by atoms with Gasteiger partial charge in [0, 0.05) is 12.5 Å². The molecule has 17 heavy (non-hydrogen) atoms. The number of nitro groups is 1. The van der Waals surface area contributed by atoms with E-state index in [1.54, 1.807) is 0 Å². The maximum absolute atomic E-state index is 12.6. The number of rotatable bonds is 4. The predicted octanol–water partition coefficient (Wildman–Crippen LogP) is 2.77. The minimum absolute atomic E-state index is 0.0319. The summed E-state index contributed by atoms with van der Waals surface area (Å²) in [5, 5.41) is 10.8. The van der Waals surface area contributed by atoms with Crippen molar-refractivity contribution in [1.29, 1.82) is 0 Å². The lowest BCUT2D eigenvalue weighted by Crippen LogP contribution is -2.46. The Morgan fingerprint density at radius 3 is 2.65 bits per heavy atom. The molecule has 0 bridgehead atoms. The molecule has 0 saturated heterocycles. The number of alkyl halides is 2. The third kappa shape index (κ3) is 3.10. The van der Waals surface area contributed by atoms with Crippen molar-refractivity contribution in [1.82, 2.24) is 0 Å². The van der Waals surface area contributed by atoms with Crippen molar-refractivity contribution < 1.29 is 13.7 Å². The molecule has 1 unspecified atom stereocenters. The molecule has 1 aromatic rings. The van der Waals surface area contributed by atoms with Gasteiger partial charge in [0.1, 0.15) is 0 Å². The van der Waals surface area contributed by atoms with Crippen LogP contribution in [0.25, 0.3) is 0 Å². The fourth-order valence-electron chi connectivity index (χ4n) is 1.35. The molecule has 2 N–H and O–H groups in total. The van der Waals surface area contributed by atoms with E-state index in [0.717, 1.165) is 6.92 Å². The lowest BCUT2D eigenvalue weighted by Gasteiger charge is -2.23. The zero-order valence-corrected chi connectivity index (χ0v) is 9.75. The van der Waals surface area contributed by atoms with Gasteiger partial charge in [0.15, 0.2) is 0 Å². The Bertz CT molecular complexity index is 438. The molecule has 0 fully saturated rings. The van der Waals surface area contributed by atoms with Crippen LogP contribution in [0.5, 0.6) is 0 Å². The number of halogens is 3. The molecule has 0 aliphatic heterocycles. The first-order valence-electron chi connectivity index (χ1n) is 4.74. The van der Waals surface area contributed by atoms with E-state index in [2.05, 4.69) is 0 Å². The van der Waals surface area contributed by atoms with Crippen LogP contribution in [0.3, 0.4) is 0 Å². The molecule has 4 nitrogen and oxygen atoms in total. The van der Waals surface area contributed by atoms with E-state index in [9.17, 15) is 18.9 Å². The lowest BCUT2D eigenvalue weighted by atomic mass is 9.93. The molecule has 0 radical (unpaired) electrons. The van der Waals surface area contributed by atoms with Gasteiger partial charge in [0.25, 0.3) is 12.1 Å². The second kappa shape index (κ2) is 4.93. The smallest absolute Gasteiger partial charge is 0.274 e. The monoisotopic (exact) mass is 264 g/mol. The number of nitrogens with zero attached hydrogens (tertiary/aromatic N) is 1. The standard InChI is InChI=1S/C10H11ClF2N2O2/c1-10(14,9(12)13)5-6-7(11)3-2-4-8(6)15(16)17/h2-4,9H,5,14H2,1H3. The number of nitrogens with two attached hydrogens (primary N) is 1. The average molecular weight is 265 g/mol. The summed E-state index contributed by atoms with van der Waals surface area (Å²) in [6, 6.07) is 4.01. The summed E-state index contributed by atoms with van der Waals surface area (Å²) in [7, 11) is 0. The highest BCUT2D eigenvalue weighted by Crippen LogP contribution is 2.30. The van der Waals surface area contributed by atoms with Gasteiger partial charge >= 0.3 is 0 Å². The number of hydrogen-bond acceptors (Lipinski definition) is 3. The molecule has 0 spiro atoms. The Morgan fingerprint density at radius 1 is 1.59 bits per heavy atom. The predicted molar refractivity (Wildman–Crippen MR) is 60.4 cm³/mol. The van der Waals surface area contributed by atoms with Gasteiger partial charge < -0.3 is 5.73 Å². The Hall–Kier alpha value is -1.27. The van der Waals surface area contributed by atoms with Crippen molar-refractivity contribution in [3.8, 4) is 0 Å². The Labute approximate surface area is 102 Å². The molecule has 1 aromatic carbocycles. The lowest BCUT2D eigenvalue weighted by molar-refractivity contribution is -0.385. The summed E-state index contributed by atoms with van der Waals surface area (Å²) < 4.78 is 25.2. The minimum atomic E-state index is -2.79. The van der Waals surface area contributed by atoms with Gasteiger partial charge in [-0.2, -0.15) is 0 Å². The topological polar surface area (TPSA) is 69.2 Å². The quantitative estimate of drug-likeness (QED) is 0.671. The van der Waals surface area contributed by atoms with Gasteiger partial charge in [-0.1, -0.05) is 17.7 Å². The molecule has 0 aromatic heterocycles. The highest BCUT2D eigenvalue weighted by molar-refractivity contribution is 6.31. The highest BCUT2D eigenvalue weighted by atomic mass is 35.5. The van der Waals surface area contributed by atoms with Crippen molar-refractivity contribution in [2.75, 3.05) is 0 Å². The van der Waals surface area contributed by atoms with Gasteiger partial charge in [-0.25, -0.2) is 8.78 Å². The normalized spacial score (nSPS) is 14.7. The van der Waals surface area contributed by atoms with Crippen molar-refractivity contribution in [3.63, 3.8) is 0 Å². The third-order valence-corrected chi connectivity index (χ3v) is 2.70. The van der Waals surface area contributed by atoms with E-state index >= 15 is 0 Å². The second-order valence-corrected chi connectivity index (χ2v) is 4.39. The van der Waals surface area contributed by atoms with Crippen LogP contribution in [0.15, 0.2) is 18.2 Å². The minimum Gasteiger partial charge on any atom is -0.320 e. The van der Waals surface area contributed by atoms with Crippen molar-refractivity contribution >= 4 is 17.3 Å². The Morgan fingerprint density at radius 2 is 2.18 bits per heavy atom. The van der Waals surface area contributed by atoms with Crippen LogP contribution >= 0.6 is 11.6 Å². The molecular weight excluding hydrogens is 254 g/mol. The van der Waals surface area contributed by atoms with E-state index in [1.807, 2.05) is 0 Å². The van der Waals surface area contributed by atoms with E-state index in [-0.39, 0.29) is 22.7 Å². The first-order chi connectivity index (χ1) is 7.75. The van der Waals surface area contributed by atoms with E-state index in [1.165, 1.54) is 18.2 Å². The molecule has 0 amide bonds. The van der Waals surface area contributed by atoms with E-state index < -0.39 is 16.9 Å². The molecule has 7 heteroatoms. The van der Waals surface area contributed by atoms with Crippen LogP contribution in [0.1, 0.15) is 12.5 Å². The van der Waals surface area contributed by atoms with Crippen molar-refractivity contribution in [2.45, 2.75) is 25.3 Å². The SMILES string of the molecule is CC(N)(Cc1c(Cl)cccc1[N+](=O)[O-])C(F)F. The summed E-state index contributed by atoms with van der Waals surface area (Å²) in [5.41, 5.74) is 3.28. The van der Waals surface area contributed by atoms with Crippen LogP contribution in [0, 0.1) is 10.1 Å². The van der Waals surface area contributed by atoms with Gasteiger partial charge in [-0.3, -0.25) is 10.1 Å². The van der Waals surface area contributed by atoms with Crippen molar-refractivity contribution in [2.24, 2.45) is 5.73 Å². The van der Waals surface area contributed by atoms with Crippen LogP contribution in [-0.2, 0) is 6.42 Å². The summed E-state index contributed by atoms with van der Waals surface area (Å²) >= 11 is 5.78. The molecule has 0 saturated carbocycles.